The minimum atomic E-state index is -3.48. The summed E-state index contributed by atoms with van der Waals surface area (Å²) < 4.78 is 28.4. The van der Waals surface area contributed by atoms with E-state index < -0.39 is 10.0 Å². The molecule has 0 amide bonds. The molecule has 0 saturated heterocycles. The Labute approximate surface area is 177 Å². The van der Waals surface area contributed by atoms with Gasteiger partial charge in [0.25, 0.3) is 0 Å². The van der Waals surface area contributed by atoms with Crippen LogP contribution >= 0.6 is 11.3 Å². The Bertz CT molecular complexity index is 1090. The highest BCUT2D eigenvalue weighted by Crippen LogP contribution is 2.23. The summed E-state index contributed by atoms with van der Waals surface area (Å²) in [5.41, 5.74) is 2.76. The van der Waals surface area contributed by atoms with Crippen LogP contribution in [0.4, 0.5) is 0 Å². The summed E-state index contributed by atoms with van der Waals surface area (Å²) in [6.45, 7) is 6.52. The number of benzene rings is 1. The summed E-state index contributed by atoms with van der Waals surface area (Å²) in [5, 5.41) is 3.27. The molecule has 0 spiro atoms. The van der Waals surface area contributed by atoms with Crippen LogP contribution in [0.1, 0.15) is 36.8 Å². The van der Waals surface area contributed by atoms with Crippen LogP contribution in [-0.2, 0) is 36.1 Å². The Morgan fingerprint density at radius 2 is 1.86 bits per heavy atom. The molecule has 0 saturated carbocycles. The van der Waals surface area contributed by atoms with Gasteiger partial charge in [-0.05, 0) is 38.1 Å². The third-order valence-electron chi connectivity index (χ3n) is 4.77. The number of imidazole rings is 1. The second-order valence-electron chi connectivity index (χ2n) is 7.38. The van der Waals surface area contributed by atoms with Crippen molar-refractivity contribution in [1.29, 1.82) is 0 Å². The van der Waals surface area contributed by atoms with Gasteiger partial charge in [0.1, 0.15) is 5.82 Å². The second-order valence-corrected chi connectivity index (χ2v) is 10.5. The largest absolute Gasteiger partial charge is 0.327 e. The molecule has 0 fully saturated rings. The summed E-state index contributed by atoms with van der Waals surface area (Å²) in [6.07, 6.45) is 1.94. The van der Waals surface area contributed by atoms with E-state index in [1.165, 1.54) is 18.4 Å². The van der Waals surface area contributed by atoms with Gasteiger partial charge in [-0.1, -0.05) is 13.8 Å². The Balaban J connectivity index is 1.90. The van der Waals surface area contributed by atoms with Crippen LogP contribution in [0, 0.1) is 0 Å². The summed E-state index contributed by atoms with van der Waals surface area (Å²) in [5.74, 6) is 0.940. The first-order chi connectivity index (χ1) is 13.8. The van der Waals surface area contributed by atoms with E-state index in [1.807, 2.05) is 6.07 Å². The molecule has 3 aromatic rings. The topological polar surface area (TPSA) is 71.3 Å². The fraction of sp³-hybridized carbons (Fsp3) is 0.500. The molecular weight excluding hydrogens is 406 g/mol. The Kier molecular flexibility index (Phi) is 6.72. The first-order valence-electron chi connectivity index (χ1n) is 9.79. The number of aromatic nitrogens is 3. The van der Waals surface area contributed by atoms with Crippen LogP contribution in [0.5, 0.6) is 0 Å². The predicted molar refractivity (Wildman–Crippen MR) is 118 cm³/mol. The molecule has 2 heterocycles. The molecular formula is C20H29N5O2S2. The van der Waals surface area contributed by atoms with Gasteiger partial charge < -0.3 is 4.57 Å². The number of hydrogen-bond donors (Lipinski definition) is 0. The molecule has 1 aromatic carbocycles. The van der Waals surface area contributed by atoms with Crippen molar-refractivity contribution < 1.29 is 8.42 Å². The molecule has 0 atom stereocenters. The van der Waals surface area contributed by atoms with E-state index >= 15 is 0 Å². The summed E-state index contributed by atoms with van der Waals surface area (Å²) in [6, 6.07) is 5.21. The lowest BCUT2D eigenvalue weighted by Gasteiger charge is -2.16. The van der Waals surface area contributed by atoms with Crippen molar-refractivity contribution in [3.05, 3.63) is 40.1 Å². The van der Waals surface area contributed by atoms with E-state index in [0.29, 0.717) is 12.1 Å². The highest BCUT2D eigenvalue weighted by atomic mass is 32.2. The lowest BCUT2D eigenvalue weighted by atomic mass is 10.3. The average Bonchev–Trinajstić information content (AvgIpc) is 3.26. The number of nitrogens with zero attached hydrogens (tertiary/aromatic N) is 5. The van der Waals surface area contributed by atoms with Gasteiger partial charge in [-0.3, -0.25) is 4.90 Å². The molecule has 0 N–H and O–H groups in total. The summed E-state index contributed by atoms with van der Waals surface area (Å²) in [4.78, 5) is 11.9. The molecule has 0 bridgehead atoms. The molecule has 9 heteroatoms. The average molecular weight is 436 g/mol. The zero-order valence-electron chi connectivity index (χ0n) is 17.7. The minimum Gasteiger partial charge on any atom is -0.327 e. The van der Waals surface area contributed by atoms with E-state index in [0.717, 1.165) is 48.0 Å². The van der Waals surface area contributed by atoms with E-state index in [-0.39, 0.29) is 4.90 Å². The lowest BCUT2D eigenvalue weighted by molar-refractivity contribution is 0.302. The van der Waals surface area contributed by atoms with Gasteiger partial charge in [0.2, 0.25) is 10.0 Å². The van der Waals surface area contributed by atoms with Crippen molar-refractivity contribution in [1.82, 2.24) is 23.7 Å². The molecule has 158 valence electrons. The Morgan fingerprint density at radius 1 is 1.10 bits per heavy atom. The first kappa shape index (κ1) is 21.9. The fourth-order valence-electron chi connectivity index (χ4n) is 3.28. The van der Waals surface area contributed by atoms with Crippen molar-refractivity contribution in [2.24, 2.45) is 0 Å². The molecule has 0 unspecified atom stereocenters. The number of thiazole rings is 1. The lowest BCUT2D eigenvalue weighted by Crippen LogP contribution is -2.22. The second kappa shape index (κ2) is 8.91. The van der Waals surface area contributed by atoms with Crippen molar-refractivity contribution in [3.8, 4) is 0 Å². The number of rotatable bonds is 9. The molecule has 0 aliphatic rings. The zero-order chi connectivity index (χ0) is 21.2. The SMILES string of the molecule is CCCn1c(CN(C)Cc2csc(CC)n2)nc2cc(S(=O)(=O)N(C)C)ccc21. The van der Waals surface area contributed by atoms with Gasteiger partial charge >= 0.3 is 0 Å². The molecule has 0 aliphatic heterocycles. The van der Waals surface area contributed by atoms with Crippen LogP contribution in [0.3, 0.4) is 0 Å². The van der Waals surface area contributed by atoms with E-state index in [4.69, 9.17) is 4.98 Å². The van der Waals surface area contributed by atoms with Crippen molar-refractivity contribution in [2.45, 2.75) is 51.2 Å². The van der Waals surface area contributed by atoms with Crippen LogP contribution in [0.15, 0.2) is 28.5 Å². The van der Waals surface area contributed by atoms with E-state index in [9.17, 15) is 8.42 Å². The van der Waals surface area contributed by atoms with E-state index in [1.54, 1.807) is 23.5 Å². The predicted octanol–water partition coefficient (Wildman–Crippen LogP) is 3.35. The van der Waals surface area contributed by atoms with Crippen LogP contribution in [0.2, 0.25) is 0 Å². The van der Waals surface area contributed by atoms with Crippen LogP contribution in [-0.4, -0.2) is 53.3 Å². The van der Waals surface area contributed by atoms with Crippen molar-refractivity contribution in [3.63, 3.8) is 0 Å². The van der Waals surface area contributed by atoms with Crippen LogP contribution < -0.4 is 0 Å². The minimum absolute atomic E-state index is 0.269. The normalized spacial score (nSPS) is 12.5. The van der Waals surface area contributed by atoms with Crippen molar-refractivity contribution >= 4 is 32.4 Å². The number of aryl methyl sites for hydroxylation is 2. The molecule has 3 rings (SSSR count). The third kappa shape index (κ3) is 4.69. The standard InChI is InChI=1S/C20H29N5O2S2/c1-6-10-25-18-9-8-16(29(26,27)23(3)4)11-17(18)22-19(25)13-24(5)12-15-14-28-20(7-2)21-15/h8-9,11,14H,6-7,10,12-13H2,1-5H3. The van der Waals surface area contributed by atoms with E-state index in [2.05, 4.69) is 40.7 Å². The summed E-state index contributed by atoms with van der Waals surface area (Å²) in [7, 11) is 1.66. The Morgan fingerprint density at radius 3 is 2.48 bits per heavy atom. The number of fused-ring (bicyclic) bond motifs is 1. The monoisotopic (exact) mass is 435 g/mol. The highest BCUT2D eigenvalue weighted by Gasteiger charge is 2.20. The fourth-order valence-corrected chi connectivity index (χ4v) is 4.94. The van der Waals surface area contributed by atoms with Gasteiger partial charge in [0, 0.05) is 32.6 Å². The summed E-state index contributed by atoms with van der Waals surface area (Å²) >= 11 is 1.70. The molecule has 29 heavy (non-hydrogen) atoms. The van der Waals surface area contributed by atoms with Crippen molar-refractivity contribution in [2.75, 3.05) is 21.1 Å². The molecule has 2 aromatic heterocycles. The third-order valence-corrected chi connectivity index (χ3v) is 7.62. The Hall–Kier alpha value is -1.81. The van der Waals surface area contributed by atoms with Gasteiger partial charge in [-0.2, -0.15) is 0 Å². The number of hydrogen-bond acceptors (Lipinski definition) is 6. The maximum Gasteiger partial charge on any atom is 0.242 e. The number of sulfonamides is 1. The smallest absolute Gasteiger partial charge is 0.242 e. The maximum atomic E-state index is 12.5. The van der Waals surface area contributed by atoms with Gasteiger partial charge in [-0.25, -0.2) is 22.7 Å². The quantitative estimate of drug-likeness (QED) is 0.515. The molecule has 7 nitrogen and oxygen atoms in total. The van der Waals surface area contributed by atoms with Gasteiger partial charge in [0.05, 0.1) is 33.2 Å². The molecule has 0 aliphatic carbocycles. The van der Waals surface area contributed by atoms with Gasteiger partial charge in [-0.15, -0.1) is 11.3 Å². The highest BCUT2D eigenvalue weighted by molar-refractivity contribution is 7.89. The first-order valence-corrected chi connectivity index (χ1v) is 12.1. The molecule has 0 radical (unpaired) electrons. The van der Waals surface area contributed by atoms with Crippen LogP contribution in [0.25, 0.3) is 11.0 Å². The van der Waals surface area contributed by atoms with Gasteiger partial charge in [0.15, 0.2) is 0 Å². The maximum absolute atomic E-state index is 12.5. The zero-order valence-corrected chi connectivity index (χ0v) is 19.3.